The standard InChI is InChI=1S/C17H15BrClNO2/c1-2-12-9-16(22-15-5-3-14(18)4-6-15)10-13(11-20)17(12)21-8-7-19/h3-6,9-10H,2,7-8H2,1H3. The van der Waals surface area contributed by atoms with Crippen LogP contribution in [-0.2, 0) is 6.42 Å². The van der Waals surface area contributed by atoms with E-state index in [2.05, 4.69) is 22.0 Å². The second-order valence-corrected chi connectivity index (χ2v) is 5.81. The molecule has 0 heterocycles. The minimum Gasteiger partial charge on any atom is -0.491 e. The fourth-order valence-electron chi connectivity index (χ4n) is 2.01. The number of nitrogens with zero attached hydrogens (tertiary/aromatic N) is 1. The molecule has 0 unspecified atom stereocenters. The first-order valence-electron chi connectivity index (χ1n) is 6.87. The molecule has 0 aliphatic carbocycles. The SMILES string of the molecule is CCc1cc(Oc2ccc(Br)cc2)cc(C#N)c1OCCCl. The van der Waals surface area contributed by atoms with E-state index < -0.39 is 0 Å². The van der Waals surface area contributed by atoms with E-state index in [1.54, 1.807) is 6.07 Å². The van der Waals surface area contributed by atoms with Gasteiger partial charge < -0.3 is 9.47 Å². The quantitative estimate of drug-likeness (QED) is 0.639. The Hall–Kier alpha value is -1.70. The molecule has 3 nitrogen and oxygen atoms in total. The molecule has 0 aliphatic heterocycles. The average molecular weight is 381 g/mol. The van der Waals surface area contributed by atoms with E-state index in [1.807, 2.05) is 37.3 Å². The van der Waals surface area contributed by atoms with Gasteiger partial charge in [0.15, 0.2) is 0 Å². The second-order valence-electron chi connectivity index (χ2n) is 4.52. The first kappa shape index (κ1) is 16.7. The normalized spacial score (nSPS) is 10.1. The Morgan fingerprint density at radius 1 is 1.18 bits per heavy atom. The van der Waals surface area contributed by atoms with Crippen molar-refractivity contribution < 1.29 is 9.47 Å². The summed E-state index contributed by atoms with van der Waals surface area (Å²) in [6, 6.07) is 13.3. The Kier molecular flexibility index (Phi) is 6.11. The van der Waals surface area contributed by atoms with Crippen LogP contribution in [0, 0.1) is 11.3 Å². The summed E-state index contributed by atoms with van der Waals surface area (Å²) in [7, 11) is 0. The second kappa shape index (κ2) is 8.07. The summed E-state index contributed by atoms with van der Waals surface area (Å²) in [4.78, 5) is 0. The molecule has 2 aromatic rings. The van der Waals surface area contributed by atoms with Gasteiger partial charge in [0.2, 0.25) is 0 Å². The number of aryl methyl sites for hydroxylation is 1. The Labute approximate surface area is 143 Å². The maximum Gasteiger partial charge on any atom is 0.140 e. The molecule has 5 heteroatoms. The zero-order valence-corrected chi connectivity index (χ0v) is 14.4. The van der Waals surface area contributed by atoms with Gasteiger partial charge in [0, 0.05) is 10.5 Å². The van der Waals surface area contributed by atoms with Crippen molar-refractivity contribution in [2.24, 2.45) is 0 Å². The molecule has 22 heavy (non-hydrogen) atoms. The van der Waals surface area contributed by atoms with E-state index in [9.17, 15) is 5.26 Å². The average Bonchev–Trinajstić information content (AvgIpc) is 2.54. The molecule has 0 aliphatic rings. The largest absolute Gasteiger partial charge is 0.491 e. The first-order valence-corrected chi connectivity index (χ1v) is 8.20. The van der Waals surface area contributed by atoms with Crippen LogP contribution < -0.4 is 9.47 Å². The summed E-state index contributed by atoms with van der Waals surface area (Å²) in [6.07, 6.45) is 0.740. The minimum absolute atomic E-state index is 0.371. The topological polar surface area (TPSA) is 42.2 Å². The molecule has 0 radical (unpaired) electrons. The lowest BCUT2D eigenvalue weighted by atomic mass is 10.1. The van der Waals surface area contributed by atoms with Crippen LogP contribution in [0.25, 0.3) is 0 Å². The highest BCUT2D eigenvalue weighted by molar-refractivity contribution is 9.10. The van der Waals surface area contributed by atoms with Crippen LogP contribution in [0.1, 0.15) is 18.1 Å². The predicted molar refractivity (Wildman–Crippen MR) is 91.0 cm³/mol. The molecule has 0 fully saturated rings. The number of rotatable bonds is 6. The number of hydrogen-bond acceptors (Lipinski definition) is 3. The maximum atomic E-state index is 9.34. The molecule has 0 atom stereocenters. The molecule has 0 amide bonds. The van der Waals surface area contributed by atoms with Gasteiger partial charge in [-0.3, -0.25) is 0 Å². The van der Waals surface area contributed by atoms with Gasteiger partial charge in [0.1, 0.15) is 29.9 Å². The highest BCUT2D eigenvalue weighted by Crippen LogP contribution is 2.32. The third-order valence-electron chi connectivity index (χ3n) is 3.01. The first-order chi connectivity index (χ1) is 10.7. The Balaban J connectivity index is 2.33. The number of halogens is 2. The minimum atomic E-state index is 0.371. The number of benzene rings is 2. The molecule has 0 saturated heterocycles. The van der Waals surface area contributed by atoms with E-state index in [-0.39, 0.29) is 0 Å². The van der Waals surface area contributed by atoms with Crippen molar-refractivity contribution in [2.45, 2.75) is 13.3 Å². The zero-order valence-electron chi connectivity index (χ0n) is 12.1. The van der Waals surface area contributed by atoms with Gasteiger partial charge >= 0.3 is 0 Å². The monoisotopic (exact) mass is 379 g/mol. The summed E-state index contributed by atoms with van der Waals surface area (Å²) < 4.78 is 12.4. The molecule has 114 valence electrons. The summed E-state index contributed by atoms with van der Waals surface area (Å²) in [5.74, 6) is 2.30. The zero-order chi connectivity index (χ0) is 15.9. The van der Waals surface area contributed by atoms with E-state index in [4.69, 9.17) is 21.1 Å². The van der Waals surface area contributed by atoms with E-state index >= 15 is 0 Å². The number of alkyl halides is 1. The van der Waals surface area contributed by atoms with Crippen molar-refractivity contribution in [2.75, 3.05) is 12.5 Å². The highest BCUT2D eigenvalue weighted by Gasteiger charge is 2.12. The van der Waals surface area contributed by atoms with Crippen molar-refractivity contribution in [3.63, 3.8) is 0 Å². The number of nitriles is 1. The van der Waals surface area contributed by atoms with Gasteiger partial charge in [-0.25, -0.2) is 0 Å². The molecule has 0 aromatic heterocycles. The fourth-order valence-corrected chi connectivity index (χ4v) is 2.36. The van der Waals surface area contributed by atoms with Crippen molar-refractivity contribution in [1.29, 1.82) is 5.26 Å². The number of hydrogen-bond donors (Lipinski definition) is 0. The summed E-state index contributed by atoms with van der Waals surface area (Å²) in [6.45, 7) is 2.38. The molecule has 0 bridgehead atoms. The van der Waals surface area contributed by atoms with Crippen LogP contribution in [0.2, 0.25) is 0 Å². The lowest BCUT2D eigenvalue weighted by Gasteiger charge is -2.14. The molecule has 0 spiro atoms. The number of ether oxygens (including phenoxy) is 2. The van der Waals surface area contributed by atoms with Gasteiger partial charge in [0.05, 0.1) is 11.4 Å². The van der Waals surface area contributed by atoms with Gasteiger partial charge in [-0.05, 0) is 42.3 Å². The summed E-state index contributed by atoms with van der Waals surface area (Å²) in [5, 5.41) is 9.34. The van der Waals surface area contributed by atoms with Crippen LogP contribution in [0.4, 0.5) is 0 Å². The third-order valence-corrected chi connectivity index (χ3v) is 3.70. The van der Waals surface area contributed by atoms with Gasteiger partial charge in [-0.1, -0.05) is 22.9 Å². The Morgan fingerprint density at radius 2 is 1.91 bits per heavy atom. The Bertz CT molecular complexity index is 680. The summed E-state index contributed by atoms with van der Waals surface area (Å²) in [5.41, 5.74) is 1.38. The van der Waals surface area contributed by atoms with E-state index in [0.29, 0.717) is 35.3 Å². The maximum absolute atomic E-state index is 9.34. The van der Waals surface area contributed by atoms with Crippen molar-refractivity contribution >= 4 is 27.5 Å². The van der Waals surface area contributed by atoms with Crippen LogP contribution in [0.15, 0.2) is 40.9 Å². The van der Waals surface area contributed by atoms with Crippen LogP contribution >= 0.6 is 27.5 Å². The Morgan fingerprint density at radius 3 is 2.50 bits per heavy atom. The third kappa shape index (κ3) is 4.16. The van der Waals surface area contributed by atoms with Crippen LogP contribution in [0.5, 0.6) is 17.2 Å². The van der Waals surface area contributed by atoms with Crippen molar-refractivity contribution in [3.05, 3.63) is 52.0 Å². The molecule has 0 saturated carbocycles. The van der Waals surface area contributed by atoms with Crippen LogP contribution in [-0.4, -0.2) is 12.5 Å². The van der Waals surface area contributed by atoms with Gasteiger partial charge in [0.25, 0.3) is 0 Å². The lowest BCUT2D eigenvalue weighted by Crippen LogP contribution is -2.03. The van der Waals surface area contributed by atoms with Crippen molar-refractivity contribution in [1.82, 2.24) is 0 Å². The molecular formula is C17H15BrClNO2. The fraction of sp³-hybridized carbons (Fsp3) is 0.235. The van der Waals surface area contributed by atoms with Gasteiger partial charge in [-0.15, -0.1) is 11.6 Å². The van der Waals surface area contributed by atoms with Gasteiger partial charge in [-0.2, -0.15) is 5.26 Å². The smallest absolute Gasteiger partial charge is 0.140 e. The summed E-state index contributed by atoms with van der Waals surface area (Å²) >= 11 is 9.04. The van der Waals surface area contributed by atoms with E-state index in [1.165, 1.54) is 0 Å². The highest BCUT2D eigenvalue weighted by atomic mass is 79.9. The predicted octanol–water partition coefficient (Wildman–Crippen LogP) is 5.29. The molecule has 0 N–H and O–H groups in total. The van der Waals surface area contributed by atoms with E-state index in [0.717, 1.165) is 16.5 Å². The molecule has 2 aromatic carbocycles. The van der Waals surface area contributed by atoms with Crippen LogP contribution in [0.3, 0.4) is 0 Å². The molecule has 2 rings (SSSR count). The lowest BCUT2D eigenvalue weighted by molar-refractivity contribution is 0.337. The molecular weight excluding hydrogens is 366 g/mol. The van der Waals surface area contributed by atoms with Crippen molar-refractivity contribution in [3.8, 4) is 23.3 Å².